The van der Waals surface area contributed by atoms with Gasteiger partial charge >= 0.3 is 0 Å². The van der Waals surface area contributed by atoms with Gasteiger partial charge in [-0.1, -0.05) is 56.1 Å². The average Bonchev–Trinajstić information content (AvgIpc) is 3.05. The van der Waals surface area contributed by atoms with E-state index < -0.39 is 0 Å². The first kappa shape index (κ1) is 36.4. The van der Waals surface area contributed by atoms with Gasteiger partial charge in [0.2, 0.25) is 0 Å². The number of halogens is 2. The molecule has 0 spiro atoms. The van der Waals surface area contributed by atoms with Crippen molar-refractivity contribution in [3.8, 4) is 0 Å². The van der Waals surface area contributed by atoms with Crippen LogP contribution in [0, 0.1) is 0 Å². The van der Waals surface area contributed by atoms with Gasteiger partial charge in [0.05, 0.1) is 0 Å². The summed E-state index contributed by atoms with van der Waals surface area (Å²) < 4.78 is 2.32. The van der Waals surface area contributed by atoms with Crippen LogP contribution in [-0.4, -0.2) is 108 Å². The van der Waals surface area contributed by atoms with Crippen LogP contribution in [-0.2, 0) is 0 Å². The largest absolute Gasteiger partial charge is 0.317 e. The number of rotatable bonds is 6. The molecule has 4 fully saturated rings. The molecule has 8 heteroatoms. The summed E-state index contributed by atoms with van der Waals surface area (Å²) in [5.41, 5.74) is 2.84. The highest BCUT2D eigenvalue weighted by Gasteiger charge is 2.37. The molecule has 0 amide bonds. The number of nitrogens with one attached hydrogen (secondary N) is 2. The van der Waals surface area contributed by atoms with Gasteiger partial charge in [0.15, 0.2) is 0 Å². The van der Waals surface area contributed by atoms with E-state index in [4.69, 9.17) is 0 Å². The number of benzene rings is 2. The summed E-state index contributed by atoms with van der Waals surface area (Å²) in [5, 5.41) is 6.98. The molecule has 6 nitrogen and oxygen atoms in total. The van der Waals surface area contributed by atoms with Crippen LogP contribution in [0.15, 0.2) is 57.5 Å². The molecular weight excluding hydrogens is 700 g/mol. The lowest BCUT2D eigenvalue weighted by atomic mass is 9.96. The van der Waals surface area contributed by atoms with E-state index in [1.165, 1.54) is 89.2 Å². The zero-order valence-electron chi connectivity index (χ0n) is 29.3. The van der Waals surface area contributed by atoms with Gasteiger partial charge in [-0.15, -0.1) is 0 Å². The molecule has 4 heterocycles. The van der Waals surface area contributed by atoms with Gasteiger partial charge in [0.25, 0.3) is 0 Å². The third-order valence-corrected chi connectivity index (χ3v) is 12.3. The number of piperidine rings is 2. The molecule has 0 bridgehead atoms. The first-order chi connectivity index (χ1) is 22.1. The monoisotopic (exact) mass is 758 g/mol. The van der Waals surface area contributed by atoms with E-state index in [2.05, 4.69) is 152 Å². The van der Waals surface area contributed by atoms with E-state index >= 15 is 0 Å². The molecule has 0 radical (unpaired) electrons. The third-order valence-electron chi connectivity index (χ3n) is 11.3. The first-order valence-electron chi connectivity index (χ1n) is 18.1. The summed E-state index contributed by atoms with van der Waals surface area (Å²) in [4.78, 5) is 10.9. The highest BCUT2D eigenvalue weighted by Crippen LogP contribution is 2.32. The molecule has 0 aromatic heterocycles. The van der Waals surface area contributed by atoms with Crippen LogP contribution >= 0.6 is 31.9 Å². The molecule has 0 saturated carbocycles. The fourth-order valence-corrected chi connectivity index (χ4v) is 9.57. The Morgan fingerprint density at radius 3 is 1.09 bits per heavy atom. The summed E-state index contributed by atoms with van der Waals surface area (Å²) in [6.45, 7) is 23.9. The SMILES string of the molecule is C[C@@H]1CN(C2CCNCC2)C[C@@H](C)N1[C@@H](C)c1ccc(Br)cc1.C[C@@H]1CN(C2CCNCC2)C[C@@H](C)N1[C@H](C)c1ccc(Br)cc1. The molecule has 6 atom stereocenters. The van der Waals surface area contributed by atoms with Crippen LogP contribution in [0.1, 0.15) is 90.4 Å². The van der Waals surface area contributed by atoms with Gasteiger partial charge in [-0.3, -0.25) is 19.6 Å². The topological polar surface area (TPSA) is 37.0 Å². The standard InChI is InChI=1S/2C19H30BrN3/c2*1-14-12-22(19-8-10-21-11-9-19)13-15(2)23(14)16(3)17-4-6-18(20)7-5-17/h2*4-7,14-16,19,21H,8-13H2,1-3H3/t14-,15-,16+;14-,15-,16-/m11/s1. The minimum atomic E-state index is 0.475. The lowest BCUT2D eigenvalue weighted by Crippen LogP contribution is -2.60. The molecule has 4 aliphatic rings. The molecule has 6 rings (SSSR count). The Bertz CT molecular complexity index is 1070. The molecule has 256 valence electrons. The molecule has 4 saturated heterocycles. The van der Waals surface area contributed by atoms with Crippen LogP contribution in [0.4, 0.5) is 0 Å². The highest BCUT2D eigenvalue weighted by atomic mass is 79.9. The van der Waals surface area contributed by atoms with Gasteiger partial charge in [-0.05, 0) is 129 Å². The Kier molecular flexibility index (Phi) is 13.6. The second kappa shape index (κ2) is 17.2. The van der Waals surface area contributed by atoms with Gasteiger partial charge in [-0.2, -0.15) is 0 Å². The average molecular weight is 761 g/mol. The van der Waals surface area contributed by atoms with E-state index in [1.54, 1.807) is 0 Å². The Labute approximate surface area is 297 Å². The van der Waals surface area contributed by atoms with Crippen molar-refractivity contribution in [2.75, 3.05) is 52.4 Å². The number of hydrogen-bond donors (Lipinski definition) is 2. The summed E-state index contributed by atoms with van der Waals surface area (Å²) >= 11 is 7.08. The smallest absolute Gasteiger partial charge is 0.0326 e. The molecule has 46 heavy (non-hydrogen) atoms. The number of hydrogen-bond acceptors (Lipinski definition) is 6. The summed E-state index contributed by atoms with van der Waals surface area (Å²) in [5.74, 6) is 0. The van der Waals surface area contributed by atoms with Crippen molar-refractivity contribution in [3.63, 3.8) is 0 Å². The van der Waals surface area contributed by atoms with Gasteiger partial charge in [-0.25, -0.2) is 0 Å². The third kappa shape index (κ3) is 9.23. The summed E-state index contributed by atoms with van der Waals surface area (Å²) in [6.07, 6.45) is 5.23. The van der Waals surface area contributed by atoms with Crippen molar-refractivity contribution in [2.24, 2.45) is 0 Å². The Balaban J connectivity index is 0.000000181. The second-order valence-electron chi connectivity index (χ2n) is 14.6. The van der Waals surface area contributed by atoms with E-state index in [0.29, 0.717) is 36.3 Å². The van der Waals surface area contributed by atoms with Crippen LogP contribution in [0.25, 0.3) is 0 Å². The Morgan fingerprint density at radius 1 is 0.522 bits per heavy atom. The Hall–Kier alpha value is -0.840. The molecular formula is C38H60Br2N6. The fraction of sp³-hybridized carbons (Fsp3) is 0.684. The minimum absolute atomic E-state index is 0.475. The van der Waals surface area contributed by atoms with Crippen molar-refractivity contribution in [1.82, 2.24) is 30.2 Å². The number of nitrogens with zero attached hydrogens (tertiary/aromatic N) is 4. The normalized spacial score (nSPS) is 29.6. The fourth-order valence-electron chi connectivity index (χ4n) is 9.05. The predicted octanol–water partition coefficient (Wildman–Crippen LogP) is 7.31. The summed E-state index contributed by atoms with van der Waals surface area (Å²) in [7, 11) is 0. The van der Waals surface area contributed by atoms with E-state index in [1.807, 2.05) is 0 Å². The lowest BCUT2D eigenvalue weighted by molar-refractivity contribution is -0.0129. The molecule has 2 N–H and O–H groups in total. The lowest BCUT2D eigenvalue weighted by Gasteiger charge is -2.50. The maximum Gasteiger partial charge on any atom is 0.0326 e. The van der Waals surface area contributed by atoms with Crippen LogP contribution in [0.5, 0.6) is 0 Å². The van der Waals surface area contributed by atoms with E-state index in [0.717, 1.165) is 21.0 Å². The zero-order valence-corrected chi connectivity index (χ0v) is 32.4. The predicted molar refractivity (Wildman–Crippen MR) is 202 cm³/mol. The summed E-state index contributed by atoms with van der Waals surface area (Å²) in [6, 6.07) is 22.6. The quantitative estimate of drug-likeness (QED) is 0.322. The van der Waals surface area contributed by atoms with Gasteiger partial charge in [0, 0.05) is 83.5 Å². The van der Waals surface area contributed by atoms with Crippen LogP contribution in [0.3, 0.4) is 0 Å². The molecule has 0 unspecified atom stereocenters. The molecule has 0 aliphatic carbocycles. The van der Waals surface area contributed by atoms with Crippen LogP contribution < -0.4 is 10.6 Å². The van der Waals surface area contributed by atoms with E-state index in [-0.39, 0.29) is 0 Å². The molecule has 2 aromatic carbocycles. The maximum atomic E-state index is 3.54. The van der Waals surface area contributed by atoms with Crippen molar-refractivity contribution in [2.45, 2.75) is 116 Å². The van der Waals surface area contributed by atoms with E-state index in [9.17, 15) is 0 Å². The number of piperazine rings is 2. The molecule has 2 aromatic rings. The zero-order chi connectivity index (χ0) is 32.8. The van der Waals surface area contributed by atoms with Crippen LogP contribution in [0.2, 0.25) is 0 Å². The molecule has 4 aliphatic heterocycles. The highest BCUT2D eigenvalue weighted by molar-refractivity contribution is 9.10. The van der Waals surface area contributed by atoms with Crippen molar-refractivity contribution in [3.05, 3.63) is 68.6 Å². The van der Waals surface area contributed by atoms with Gasteiger partial charge in [0.1, 0.15) is 0 Å². The second-order valence-corrected chi connectivity index (χ2v) is 16.4. The minimum Gasteiger partial charge on any atom is -0.317 e. The van der Waals surface area contributed by atoms with Gasteiger partial charge < -0.3 is 10.6 Å². The maximum absolute atomic E-state index is 3.54. The van der Waals surface area contributed by atoms with Crippen molar-refractivity contribution < 1.29 is 0 Å². The van der Waals surface area contributed by atoms with Crippen molar-refractivity contribution in [1.29, 1.82) is 0 Å². The first-order valence-corrected chi connectivity index (χ1v) is 19.7. The Morgan fingerprint density at radius 2 is 0.804 bits per heavy atom. The van der Waals surface area contributed by atoms with Crippen molar-refractivity contribution >= 4 is 31.9 Å².